The summed E-state index contributed by atoms with van der Waals surface area (Å²) >= 11 is 0. The molecule has 8 heteroatoms. The van der Waals surface area contributed by atoms with Crippen LogP contribution in [0.5, 0.6) is 0 Å². The zero-order valence-corrected chi connectivity index (χ0v) is 8.32. The SMILES string of the molecule is O=C(CCn1cnnn1)Nc1cnccn1. The predicted molar refractivity (Wildman–Crippen MR) is 53.1 cm³/mol. The lowest BCUT2D eigenvalue weighted by Gasteiger charge is -2.02. The van der Waals surface area contributed by atoms with Crippen LogP contribution in [-0.4, -0.2) is 36.1 Å². The molecule has 82 valence electrons. The number of amides is 1. The van der Waals surface area contributed by atoms with E-state index in [9.17, 15) is 4.79 Å². The molecule has 0 aliphatic carbocycles. The van der Waals surface area contributed by atoms with Crippen LogP contribution in [0.2, 0.25) is 0 Å². The van der Waals surface area contributed by atoms with Crippen LogP contribution in [-0.2, 0) is 11.3 Å². The summed E-state index contributed by atoms with van der Waals surface area (Å²) in [6.45, 7) is 0.430. The van der Waals surface area contributed by atoms with Gasteiger partial charge in [-0.05, 0) is 10.4 Å². The van der Waals surface area contributed by atoms with Crippen molar-refractivity contribution in [3.05, 3.63) is 24.9 Å². The summed E-state index contributed by atoms with van der Waals surface area (Å²) in [4.78, 5) is 19.2. The van der Waals surface area contributed by atoms with Crippen LogP contribution in [0.3, 0.4) is 0 Å². The molecule has 2 heterocycles. The van der Waals surface area contributed by atoms with E-state index in [1.807, 2.05) is 0 Å². The molecule has 1 amide bonds. The van der Waals surface area contributed by atoms with Crippen LogP contribution in [0, 0.1) is 0 Å². The van der Waals surface area contributed by atoms with Gasteiger partial charge in [-0.25, -0.2) is 9.67 Å². The van der Waals surface area contributed by atoms with Gasteiger partial charge in [0.05, 0.1) is 12.7 Å². The lowest BCUT2D eigenvalue weighted by Crippen LogP contribution is -2.15. The number of anilines is 1. The smallest absolute Gasteiger partial charge is 0.227 e. The Morgan fingerprint density at radius 2 is 2.38 bits per heavy atom. The van der Waals surface area contributed by atoms with E-state index in [1.54, 1.807) is 0 Å². The lowest BCUT2D eigenvalue weighted by molar-refractivity contribution is -0.116. The molecule has 0 atom stereocenters. The van der Waals surface area contributed by atoms with E-state index in [0.717, 1.165) is 0 Å². The maximum atomic E-state index is 11.4. The molecule has 0 saturated carbocycles. The molecule has 0 aliphatic rings. The number of carbonyl (C=O) groups is 1. The van der Waals surface area contributed by atoms with Gasteiger partial charge >= 0.3 is 0 Å². The maximum Gasteiger partial charge on any atom is 0.227 e. The highest BCUT2D eigenvalue weighted by atomic mass is 16.1. The third-order valence-corrected chi connectivity index (χ3v) is 1.79. The Labute approximate surface area is 90.7 Å². The van der Waals surface area contributed by atoms with E-state index in [0.29, 0.717) is 12.4 Å². The highest BCUT2D eigenvalue weighted by Crippen LogP contribution is 1.98. The molecular formula is C8H9N7O. The second kappa shape index (κ2) is 4.91. The van der Waals surface area contributed by atoms with Crippen molar-refractivity contribution in [2.24, 2.45) is 0 Å². The molecule has 0 saturated heterocycles. The molecule has 1 N–H and O–H groups in total. The number of rotatable bonds is 4. The molecule has 8 nitrogen and oxygen atoms in total. The van der Waals surface area contributed by atoms with Crippen molar-refractivity contribution in [2.45, 2.75) is 13.0 Å². The van der Waals surface area contributed by atoms with Gasteiger partial charge in [-0.15, -0.1) is 5.10 Å². The summed E-state index contributed by atoms with van der Waals surface area (Å²) in [5, 5.41) is 13.2. The number of tetrazole rings is 1. The Bertz CT molecular complexity index is 441. The van der Waals surface area contributed by atoms with Crippen molar-refractivity contribution in [3.63, 3.8) is 0 Å². The first kappa shape index (κ1) is 10.1. The van der Waals surface area contributed by atoms with Gasteiger partial charge in [-0.2, -0.15) is 0 Å². The molecule has 16 heavy (non-hydrogen) atoms. The fourth-order valence-corrected chi connectivity index (χ4v) is 1.07. The fraction of sp³-hybridized carbons (Fsp3) is 0.250. The minimum atomic E-state index is -0.156. The molecule has 0 aliphatic heterocycles. The van der Waals surface area contributed by atoms with E-state index >= 15 is 0 Å². The minimum Gasteiger partial charge on any atom is -0.309 e. The molecule has 2 aromatic heterocycles. The van der Waals surface area contributed by atoms with Crippen LogP contribution < -0.4 is 5.32 Å². The van der Waals surface area contributed by atoms with Gasteiger partial charge in [0, 0.05) is 18.8 Å². The van der Waals surface area contributed by atoms with E-state index in [-0.39, 0.29) is 12.3 Å². The Balaban J connectivity index is 1.81. The lowest BCUT2D eigenvalue weighted by atomic mass is 10.4. The predicted octanol–water partition coefficient (Wildman–Crippen LogP) is -0.508. The average Bonchev–Trinajstić information content (AvgIpc) is 2.81. The molecular weight excluding hydrogens is 210 g/mol. The summed E-state index contributed by atoms with van der Waals surface area (Å²) in [6, 6.07) is 0. The summed E-state index contributed by atoms with van der Waals surface area (Å²) in [5.41, 5.74) is 0. The number of carbonyl (C=O) groups excluding carboxylic acids is 1. The number of nitrogens with zero attached hydrogens (tertiary/aromatic N) is 6. The summed E-state index contributed by atoms with van der Waals surface area (Å²) in [7, 11) is 0. The maximum absolute atomic E-state index is 11.4. The first-order valence-electron chi connectivity index (χ1n) is 4.61. The second-order valence-corrected chi connectivity index (χ2v) is 2.96. The van der Waals surface area contributed by atoms with Gasteiger partial charge in [-0.3, -0.25) is 9.78 Å². The van der Waals surface area contributed by atoms with Crippen molar-refractivity contribution < 1.29 is 4.79 Å². The number of aromatic nitrogens is 6. The van der Waals surface area contributed by atoms with Gasteiger partial charge in [0.2, 0.25) is 5.91 Å². The zero-order chi connectivity index (χ0) is 11.2. The summed E-state index contributed by atoms with van der Waals surface area (Å²) in [5.74, 6) is 0.278. The van der Waals surface area contributed by atoms with Crippen LogP contribution in [0.4, 0.5) is 5.82 Å². The highest BCUT2D eigenvalue weighted by Gasteiger charge is 2.03. The standard InChI is InChI=1S/C8H9N7O/c16-8(1-4-15-6-11-13-14-15)12-7-5-9-2-3-10-7/h2-3,5-6H,1,4H2,(H,10,12,16). The Morgan fingerprint density at radius 3 is 3.06 bits per heavy atom. The van der Waals surface area contributed by atoms with Crippen molar-refractivity contribution >= 4 is 11.7 Å². The monoisotopic (exact) mass is 219 g/mol. The molecule has 0 radical (unpaired) electrons. The van der Waals surface area contributed by atoms with Gasteiger partial charge in [0.1, 0.15) is 6.33 Å². The number of hydrogen-bond donors (Lipinski definition) is 1. The summed E-state index contributed by atoms with van der Waals surface area (Å²) < 4.78 is 1.48. The van der Waals surface area contributed by atoms with Crippen molar-refractivity contribution in [3.8, 4) is 0 Å². The zero-order valence-electron chi connectivity index (χ0n) is 8.32. The first-order valence-corrected chi connectivity index (χ1v) is 4.61. The van der Waals surface area contributed by atoms with Crippen LogP contribution in [0.15, 0.2) is 24.9 Å². The number of nitrogens with one attached hydrogen (secondary N) is 1. The van der Waals surface area contributed by atoms with Gasteiger partial charge in [-0.1, -0.05) is 0 Å². The third-order valence-electron chi connectivity index (χ3n) is 1.79. The minimum absolute atomic E-state index is 0.156. The molecule has 0 aromatic carbocycles. The Kier molecular flexibility index (Phi) is 3.12. The quantitative estimate of drug-likeness (QED) is 0.743. The van der Waals surface area contributed by atoms with E-state index in [4.69, 9.17) is 0 Å². The van der Waals surface area contributed by atoms with Crippen LogP contribution in [0.1, 0.15) is 6.42 Å². The van der Waals surface area contributed by atoms with Crippen LogP contribution >= 0.6 is 0 Å². The largest absolute Gasteiger partial charge is 0.309 e. The van der Waals surface area contributed by atoms with Crippen molar-refractivity contribution in [1.82, 2.24) is 30.2 Å². The van der Waals surface area contributed by atoms with Crippen molar-refractivity contribution in [1.29, 1.82) is 0 Å². The Hall–Kier alpha value is -2.38. The topological polar surface area (TPSA) is 98.5 Å². The first-order chi connectivity index (χ1) is 7.84. The normalized spacial score (nSPS) is 10.0. The highest BCUT2D eigenvalue weighted by molar-refractivity contribution is 5.89. The average molecular weight is 219 g/mol. The number of hydrogen-bond acceptors (Lipinski definition) is 6. The van der Waals surface area contributed by atoms with E-state index in [1.165, 1.54) is 29.6 Å². The van der Waals surface area contributed by atoms with E-state index < -0.39 is 0 Å². The van der Waals surface area contributed by atoms with Gasteiger partial charge in [0.15, 0.2) is 5.82 Å². The molecule has 0 unspecified atom stereocenters. The third kappa shape index (κ3) is 2.80. The molecule has 0 bridgehead atoms. The Morgan fingerprint density at radius 1 is 1.44 bits per heavy atom. The fourth-order valence-electron chi connectivity index (χ4n) is 1.07. The molecule has 2 aromatic rings. The van der Waals surface area contributed by atoms with Gasteiger partial charge < -0.3 is 5.32 Å². The number of aryl methyl sites for hydroxylation is 1. The van der Waals surface area contributed by atoms with Crippen LogP contribution in [0.25, 0.3) is 0 Å². The molecule has 2 rings (SSSR count). The van der Waals surface area contributed by atoms with Gasteiger partial charge in [0.25, 0.3) is 0 Å². The van der Waals surface area contributed by atoms with Crippen molar-refractivity contribution in [2.75, 3.05) is 5.32 Å². The second-order valence-electron chi connectivity index (χ2n) is 2.96. The molecule has 0 spiro atoms. The summed E-state index contributed by atoms with van der Waals surface area (Å²) in [6.07, 6.45) is 6.26. The van der Waals surface area contributed by atoms with E-state index in [2.05, 4.69) is 30.8 Å². The molecule has 0 fully saturated rings.